The molecule has 4 nitrogen and oxygen atoms in total. The summed E-state index contributed by atoms with van der Waals surface area (Å²) in [6.45, 7) is 0.903. The molecule has 1 aromatic heterocycles. The molecule has 1 atom stereocenters. The molecule has 5 rings (SSSR count). The van der Waals surface area contributed by atoms with E-state index in [2.05, 4.69) is 50.5 Å². The van der Waals surface area contributed by atoms with E-state index >= 15 is 0 Å². The van der Waals surface area contributed by atoms with Crippen molar-refractivity contribution in [1.29, 1.82) is 0 Å². The predicted octanol–water partition coefficient (Wildman–Crippen LogP) is 2.27. The maximum absolute atomic E-state index is 13.3. The predicted molar refractivity (Wildman–Crippen MR) is 97.1 cm³/mol. The minimum absolute atomic E-state index is 0.128. The largest absolute Gasteiger partial charge is 0.352 e. The highest BCUT2D eigenvalue weighted by molar-refractivity contribution is 9.10. The summed E-state index contributed by atoms with van der Waals surface area (Å²) in [6, 6.07) is 14.4. The van der Waals surface area contributed by atoms with E-state index < -0.39 is 5.54 Å². The van der Waals surface area contributed by atoms with Gasteiger partial charge in [-0.3, -0.25) is 4.79 Å². The molecule has 0 radical (unpaired) electrons. The van der Waals surface area contributed by atoms with Crippen LogP contribution in [-0.4, -0.2) is 24.5 Å². The average Bonchev–Trinajstić information content (AvgIpc) is 3.07. The molecule has 3 N–H and O–H groups in total. The highest BCUT2D eigenvalue weighted by Gasteiger charge is 2.58. The van der Waals surface area contributed by atoms with Crippen LogP contribution in [-0.2, 0) is 16.8 Å². The van der Waals surface area contributed by atoms with Gasteiger partial charge in [0.25, 0.3) is 5.91 Å². The number of carbonyl (C=O) groups is 1. The number of fused-ring (bicyclic) bond motifs is 6. The van der Waals surface area contributed by atoms with Crippen molar-refractivity contribution in [3.8, 4) is 0 Å². The molecule has 3 heterocycles. The third kappa shape index (κ3) is 1.59. The monoisotopic (exact) mass is 382 g/mol. The highest BCUT2D eigenvalue weighted by atomic mass is 79.9. The molecule has 2 aliphatic heterocycles. The number of nitrogens with two attached hydrogens (primary N) is 1. The Morgan fingerprint density at radius 1 is 1.25 bits per heavy atom. The van der Waals surface area contributed by atoms with Crippen molar-refractivity contribution >= 4 is 38.4 Å². The molecule has 2 aliphatic rings. The average molecular weight is 383 g/mol. The first-order valence-corrected chi connectivity index (χ1v) is 8.95. The van der Waals surface area contributed by atoms with E-state index in [1.807, 2.05) is 25.2 Å². The molecule has 0 aliphatic carbocycles. The summed E-state index contributed by atoms with van der Waals surface area (Å²) in [5.41, 5.74) is 4.80. The Kier molecular flexibility index (Phi) is 2.80. The summed E-state index contributed by atoms with van der Waals surface area (Å²) in [4.78, 5) is 18.7. The number of aromatic amines is 1. The van der Waals surface area contributed by atoms with Crippen molar-refractivity contribution in [2.45, 2.75) is 12.0 Å². The standard InChI is InChI=1S/C19H16BrN3O/c1-23-16-7-6-11(20)10-14(16)19(18(23)24)17-13(8-9-21-19)12-4-2-3-5-15(12)22-17/h2-7,10,21-22H,8-9H2,1H3/p+1/t19-/m1/s1. The SMILES string of the molecule is CN1C(=O)[C@@]2([NH2+]CCc3c2[nH]c2ccccc32)c2cc(Br)ccc21. The number of nitrogens with zero attached hydrogens (tertiary/aromatic N) is 1. The molecule has 0 bridgehead atoms. The van der Waals surface area contributed by atoms with Crippen LogP contribution in [0.2, 0.25) is 0 Å². The van der Waals surface area contributed by atoms with Crippen molar-refractivity contribution in [2.75, 3.05) is 18.5 Å². The number of benzene rings is 2. The fourth-order valence-corrected chi connectivity index (χ4v) is 4.74. The first kappa shape index (κ1) is 14.3. The Labute approximate surface area is 148 Å². The van der Waals surface area contributed by atoms with Gasteiger partial charge in [-0.1, -0.05) is 34.1 Å². The molecule has 3 aromatic rings. The molecule has 1 amide bonds. The van der Waals surface area contributed by atoms with Gasteiger partial charge in [0, 0.05) is 28.8 Å². The molecule has 0 fully saturated rings. The number of likely N-dealkylation sites (N-methyl/N-ethyl adjacent to an activating group) is 1. The molecule has 24 heavy (non-hydrogen) atoms. The van der Waals surface area contributed by atoms with Gasteiger partial charge in [-0.15, -0.1) is 0 Å². The van der Waals surface area contributed by atoms with Gasteiger partial charge in [0.15, 0.2) is 0 Å². The number of rotatable bonds is 0. The number of aromatic nitrogens is 1. The molecular weight excluding hydrogens is 366 g/mol. The second kappa shape index (κ2) is 4.71. The number of amides is 1. The van der Waals surface area contributed by atoms with E-state index in [1.54, 1.807) is 4.90 Å². The third-order valence-corrected chi connectivity index (χ3v) is 5.93. The second-order valence-corrected chi connectivity index (χ2v) is 7.52. The van der Waals surface area contributed by atoms with Crippen LogP contribution < -0.4 is 10.2 Å². The maximum Gasteiger partial charge on any atom is 0.299 e. The summed E-state index contributed by atoms with van der Waals surface area (Å²) in [6.07, 6.45) is 0.974. The van der Waals surface area contributed by atoms with Gasteiger partial charge in [0.2, 0.25) is 5.54 Å². The van der Waals surface area contributed by atoms with Crippen LogP contribution >= 0.6 is 15.9 Å². The van der Waals surface area contributed by atoms with Gasteiger partial charge in [0.05, 0.1) is 23.5 Å². The molecule has 0 saturated carbocycles. The Hall–Kier alpha value is -2.11. The van der Waals surface area contributed by atoms with Crippen LogP contribution in [0.5, 0.6) is 0 Å². The van der Waals surface area contributed by atoms with E-state index in [4.69, 9.17) is 0 Å². The van der Waals surface area contributed by atoms with E-state index in [0.29, 0.717) is 0 Å². The van der Waals surface area contributed by atoms with Crippen LogP contribution in [0.15, 0.2) is 46.9 Å². The van der Waals surface area contributed by atoms with Crippen molar-refractivity contribution < 1.29 is 10.1 Å². The molecule has 5 heteroatoms. The topological polar surface area (TPSA) is 52.7 Å². The zero-order valence-electron chi connectivity index (χ0n) is 13.3. The quantitative estimate of drug-likeness (QED) is 0.615. The lowest BCUT2D eigenvalue weighted by molar-refractivity contribution is -0.714. The number of halogens is 1. The lowest BCUT2D eigenvalue weighted by Gasteiger charge is -2.30. The van der Waals surface area contributed by atoms with E-state index in [-0.39, 0.29) is 5.91 Å². The first-order valence-electron chi connectivity index (χ1n) is 8.15. The number of para-hydroxylation sites is 1. The molecule has 1 spiro atoms. The van der Waals surface area contributed by atoms with Crippen molar-refractivity contribution in [2.24, 2.45) is 0 Å². The molecular formula is C19H17BrN3O+. The Morgan fingerprint density at radius 2 is 2.08 bits per heavy atom. The van der Waals surface area contributed by atoms with Gasteiger partial charge in [0.1, 0.15) is 0 Å². The minimum Gasteiger partial charge on any atom is -0.352 e. The summed E-state index contributed by atoms with van der Waals surface area (Å²) in [7, 11) is 1.87. The Bertz CT molecular complexity index is 1010. The van der Waals surface area contributed by atoms with E-state index in [0.717, 1.165) is 39.9 Å². The summed E-state index contributed by atoms with van der Waals surface area (Å²) in [5, 5.41) is 3.43. The van der Waals surface area contributed by atoms with Gasteiger partial charge < -0.3 is 15.2 Å². The summed E-state index contributed by atoms with van der Waals surface area (Å²) < 4.78 is 1.00. The normalized spacial score (nSPS) is 22.2. The first-order chi connectivity index (χ1) is 11.6. The number of carbonyl (C=O) groups excluding carboxylic acids is 1. The molecule has 0 saturated heterocycles. The number of hydrogen-bond acceptors (Lipinski definition) is 1. The van der Waals surface area contributed by atoms with Crippen LogP contribution in [0.4, 0.5) is 5.69 Å². The fraction of sp³-hybridized carbons (Fsp3) is 0.211. The Morgan fingerprint density at radius 3 is 2.96 bits per heavy atom. The van der Waals surface area contributed by atoms with Gasteiger partial charge in [-0.25, -0.2) is 0 Å². The lowest BCUT2D eigenvalue weighted by Crippen LogP contribution is -2.99. The van der Waals surface area contributed by atoms with E-state index in [9.17, 15) is 4.79 Å². The second-order valence-electron chi connectivity index (χ2n) is 6.60. The van der Waals surface area contributed by atoms with Crippen molar-refractivity contribution in [3.63, 3.8) is 0 Å². The zero-order chi connectivity index (χ0) is 16.5. The van der Waals surface area contributed by atoms with Crippen LogP contribution in [0.1, 0.15) is 16.8 Å². The van der Waals surface area contributed by atoms with E-state index in [1.165, 1.54) is 10.9 Å². The maximum atomic E-state index is 13.3. The van der Waals surface area contributed by atoms with Gasteiger partial charge in [-0.05, 0) is 29.8 Å². The Balaban J connectivity index is 1.88. The number of H-pyrrole nitrogens is 1. The number of quaternary nitrogens is 1. The number of nitrogens with one attached hydrogen (secondary N) is 1. The van der Waals surface area contributed by atoms with Crippen molar-refractivity contribution in [1.82, 2.24) is 4.98 Å². The zero-order valence-corrected chi connectivity index (χ0v) is 14.9. The number of hydrogen-bond donors (Lipinski definition) is 2. The lowest BCUT2D eigenvalue weighted by atomic mass is 9.82. The van der Waals surface area contributed by atoms with Crippen LogP contribution in [0.3, 0.4) is 0 Å². The fourth-order valence-electron chi connectivity index (χ4n) is 4.38. The summed E-state index contributed by atoms with van der Waals surface area (Å²) in [5.74, 6) is 0.128. The van der Waals surface area contributed by atoms with Gasteiger partial charge >= 0.3 is 0 Å². The molecule has 0 unspecified atom stereocenters. The molecule has 2 aromatic carbocycles. The minimum atomic E-state index is -0.694. The highest BCUT2D eigenvalue weighted by Crippen LogP contribution is 2.45. The number of anilines is 1. The summed E-state index contributed by atoms with van der Waals surface area (Å²) >= 11 is 3.58. The van der Waals surface area contributed by atoms with Crippen LogP contribution in [0, 0.1) is 0 Å². The smallest absolute Gasteiger partial charge is 0.299 e. The third-order valence-electron chi connectivity index (χ3n) is 5.44. The van der Waals surface area contributed by atoms with Crippen LogP contribution in [0.25, 0.3) is 10.9 Å². The molecule has 120 valence electrons. The van der Waals surface area contributed by atoms with Gasteiger partial charge in [-0.2, -0.15) is 0 Å². The van der Waals surface area contributed by atoms with Crippen molar-refractivity contribution in [3.05, 3.63) is 63.8 Å².